The molecule has 0 aliphatic carbocycles. The molecule has 0 amide bonds. The number of nitrogens with one attached hydrogen (secondary N) is 1. The van der Waals surface area contributed by atoms with Crippen molar-refractivity contribution in [2.24, 2.45) is 5.41 Å². The van der Waals surface area contributed by atoms with Crippen LogP contribution in [-0.2, 0) is 6.54 Å². The minimum absolute atomic E-state index is 0.115. The summed E-state index contributed by atoms with van der Waals surface area (Å²) in [6, 6.07) is 16.4. The summed E-state index contributed by atoms with van der Waals surface area (Å²) in [4.78, 5) is 0. The summed E-state index contributed by atoms with van der Waals surface area (Å²) >= 11 is 12.1. The first-order valence-electron chi connectivity index (χ1n) is 7.09. The van der Waals surface area contributed by atoms with Crippen molar-refractivity contribution in [2.75, 3.05) is 0 Å². The van der Waals surface area contributed by atoms with Crippen LogP contribution < -0.4 is 5.32 Å². The van der Waals surface area contributed by atoms with Crippen molar-refractivity contribution in [3.05, 3.63) is 69.7 Å². The Morgan fingerprint density at radius 2 is 1.52 bits per heavy atom. The van der Waals surface area contributed by atoms with Gasteiger partial charge in [-0.3, -0.25) is 0 Å². The van der Waals surface area contributed by atoms with Gasteiger partial charge in [0.15, 0.2) is 0 Å². The maximum atomic E-state index is 6.06. The van der Waals surface area contributed by atoms with E-state index in [0.717, 1.165) is 12.1 Å². The molecule has 2 aromatic rings. The van der Waals surface area contributed by atoms with E-state index in [1.807, 2.05) is 18.2 Å². The molecule has 1 atom stereocenters. The van der Waals surface area contributed by atoms with Crippen LogP contribution in [0, 0.1) is 5.41 Å². The molecular formula is C18H21Cl2N. The first kappa shape index (κ1) is 16.4. The van der Waals surface area contributed by atoms with Gasteiger partial charge in [0.05, 0.1) is 0 Å². The molecule has 21 heavy (non-hydrogen) atoms. The summed E-state index contributed by atoms with van der Waals surface area (Å²) < 4.78 is 0. The Balaban J connectivity index is 2.17. The van der Waals surface area contributed by atoms with Crippen LogP contribution in [0.25, 0.3) is 0 Å². The fourth-order valence-corrected chi connectivity index (χ4v) is 3.07. The second-order valence-electron chi connectivity index (χ2n) is 6.37. The first-order valence-corrected chi connectivity index (χ1v) is 7.85. The predicted molar refractivity (Wildman–Crippen MR) is 91.9 cm³/mol. The summed E-state index contributed by atoms with van der Waals surface area (Å²) in [6.45, 7) is 7.45. The van der Waals surface area contributed by atoms with Gasteiger partial charge in [-0.15, -0.1) is 0 Å². The minimum Gasteiger partial charge on any atom is -0.305 e. The van der Waals surface area contributed by atoms with Crippen LogP contribution in [0.15, 0.2) is 48.5 Å². The van der Waals surface area contributed by atoms with E-state index < -0.39 is 0 Å². The van der Waals surface area contributed by atoms with E-state index in [1.165, 1.54) is 5.56 Å². The van der Waals surface area contributed by atoms with Crippen LogP contribution >= 0.6 is 23.2 Å². The molecule has 2 rings (SSSR count). The lowest BCUT2D eigenvalue weighted by Crippen LogP contribution is -2.32. The third-order valence-corrected chi connectivity index (χ3v) is 3.87. The van der Waals surface area contributed by atoms with E-state index in [0.29, 0.717) is 10.0 Å². The highest BCUT2D eigenvalue weighted by Gasteiger charge is 2.25. The summed E-state index contributed by atoms with van der Waals surface area (Å²) in [5.74, 6) is 0. The topological polar surface area (TPSA) is 12.0 Å². The van der Waals surface area contributed by atoms with Crippen LogP contribution in [-0.4, -0.2) is 0 Å². The minimum atomic E-state index is 0.115. The van der Waals surface area contributed by atoms with Gasteiger partial charge in [-0.25, -0.2) is 0 Å². The molecule has 0 heterocycles. The van der Waals surface area contributed by atoms with Crippen molar-refractivity contribution in [1.82, 2.24) is 5.32 Å². The van der Waals surface area contributed by atoms with Crippen molar-refractivity contribution in [3.8, 4) is 0 Å². The zero-order chi connectivity index (χ0) is 15.5. The van der Waals surface area contributed by atoms with Crippen molar-refractivity contribution >= 4 is 23.2 Å². The highest BCUT2D eigenvalue weighted by atomic mass is 35.5. The van der Waals surface area contributed by atoms with Crippen LogP contribution in [0.1, 0.15) is 37.9 Å². The molecule has 0 aliphatic rings. The third kappa shape index (κ3) is 4.74. The van der Waals surface area contributed by atoms with Gasteiger partial charge < -0.3 is 5.32 Å². The molecule has 3 heteroatoms. The van der Waals surface area contributed by atoms with Gasteiger partial charge in [0.25, 0.3) is 0 Å². The average Bonchev–Trinajstić information content (AvgIpc) is 2.37. The van der Waals surface area contributed by atoms with Gasteiger partial charge in [0.1, 0.15) is 0 Å². The monoisotopic (exact) mass is 321 g/mol. The summed E-state index contributed by atoms with van der Waals surface area (Å²) in [7, 11) is 0. The molecule has 0 radical (unpaired) electrons. The predicted octanol–water partition coefficient (Wildman–Crippen LogP) is 5.87. The van der Waals surface area contributed by atoms with Gasteiger partial charge in [-0.1, -0.05) is 74.3 Å². The van der Waals surface area contributed by atoms with Gasteiger partial charge in [0, 0.05) is 22.6 Å². The molecule has 0 fully saturated rings. The lowest BCUT2D eigenvalue weighted by atomic mass is 9.82. The molecule has 1 nitrogen and oxygen atoms in total. The molecule has 0 aliphatic heterocycles. The number of hydrogen-bond acceptors (Lipinski definition) is 1. The fraction of sp³-hybridized carbons (Fsp3) is 0.333. The highest BCUT2D eigenvalue weighted by molar-refractivity contribution is 6.34. The third-order valence-electron chi connectivity index (χ3n) is 3.43. The molecule has 0 bridgehead atoms. The lowest BCUT2D eigenvalue weighted by molar-refractivity contribution is 0.271. The van der Waals surface area contributed by atoms with Gasteiger partial charge in [0.2, 0.25) is 0 Å². The summed E-state index contributed by atoms with van der Waals surface area (Å²) in [6.07, 6.45) is 0. The van der Waals surface area contributed by atoms with Crippen LogP contribution in [0.5, 0.6) is 0 Å². The van der Waals surface area contributed by atoms with Crippen molar-refractivity contribution < 1.29 is 0 Å². The Labute approximate surface area is 137 Å². The number of hydrogen-bond donors (Lipinski definition) is 1. The zero-order valence-corrected chi connectivity index (χ0v) is 14.2. The smallest absolute Gasteiger partial charge is 0.0424 e. The van der Waals surface area contributed by atoms with Crippen LogP contribution in [0.4, 0.5) is 0 Å². The molecular weight excluding hydrogens is 301 g/mol. The Bertz CT molecular complexity index is 568. The Morgan fingerprint density at radius 3 is 2.05 bits per heavy atom. The largest absolute Gasteiger partial charge is 0.305 e. The molecule has 1 N–H and O–H groups in total. The van der Waals surface area contributed by atoms with Crippen molar-refractivity contribution in [2.45, 2.75) is 33.4 Å². The molecule has 0 saturated heterocycles. The first-order chi connectivity index (χ1) is 9.86. The molecule has 0 aromatic heterocycles. The van der Waals surface area contributed by atoms with E-state index in [-0.39, 0.29) is 11.5 Å². The number of halogens is 2. The van der Waals surface area contributed by atoms with Crippen LogP contribution in [0.2, 0.25) is 10.0 Å². The van der Waals surface area contributed by atoms with E-state index in [4.69, 9.17) is 23.2 Å². The molecule has 1 unspecified atom stereocenters. The van der Waals surface area contributed by atoms with Gasteiger partial charge in [-0.2, -0.15) is 0 Å². The van der Waals surface area contributed by atoms with E-state index in [2.05, 4.69) is 50.4 Å². The number of rotatable bonds is 4. The standard InChI is InChI=1S/C18H21Cl2N/c1-18(2,3)17(14-7-5-4-6-8-14)21-12-13-9-15(19)11-16(20)10-13/h4-11,17,21H,12H2,1-3H3. The quantitative estimate of drug-likeness (QED) is 0.742. The van der Waals surface area contributed by atoms with Crippen molar-refractivity contribution in [1.29, 1.82) is 0 Å². The van der Waals surface area contributed by atoms with E-state index >= 15 is 0 Å². The Morgan fingerprint density at radius 1 is 0.952 bits per heavy atom. The van der Waals surface area contributed by atoms with E-state index in [9.17, 15) is 0 Å². The maximum Gasteiger partial charge on any atom is 0.0424 e. The maximum absolute atomic E-state index is 6.06. The fourth-order valence-electron chi connectivity index (χ4n) is 2.50. The second kappa shape index (κ2) is 6.83. The normalized spacial score (nSPS) is 13.2. The molecule has 112 valence electrons. The van der Waals surface area contributed by atoms with Gasteiger partial charge in [-0.05, 0) is 34.7 Å². The van der Waals surface area contributed by atoms with E-state index in [1.54, 1.807) is 6.07 Å². The lowest BCUT2D eigenvalue weighted by Gasteiger charge is -2.32. The molecule has 2 aromatic carbocycles. The summed E-state index contributed by atoms with van der Waals surface area (Å²) in [5, 5.41) is 4.97. The highest BCUT2D eigenvalue weighted by Crippen LogP contribution is 2.33. The number of benzene rings is 2. The van der Waals surface area contributed by atoms with Crippen molar-refractivity contribution in [3.63, 3.8) is 0 Å². The Hall–Kier alpha value is -1.02. The molecule has 0 saturated carbocycles. The van der Waals surface area contributed by atoms with Crippen LogP contribution in [0.3, 0.4) is 0 Å². The molecule has 0 spiro atoms. The average molecular weight is 322 g/mol. The Kier molecular flexibility index (Phi) is 5.32. The SMILES string of the molecule is CC(C)(C)C(NCc1cc(Cl)cc(Cl)c1)c1ccccc1. The zero-order valence-electron chi connectivity index (χ0n) is 12.7. The second-order valence-corrected chi connectivity index (χ2v) is 7.24. The van der Waals surface area contributed by atoms with Gasteiger partial charge >= 0.3 is 0 Å². The summed E-state index contributed by atoms with van der Waals surface area (Å²) in [5.41, 5.74) is 2.50.